The predicted octanol–water partition coefficient (Wildman–Crippen LogP) is 3.80. The average Bonchev–Trinajstić information content (AvgIpc) is 3.39. The lowest BCUT2D eigenvalue weighted by Crippen LogP contribution is -2.25. The van der Waals surface area contributed by atoms with Crippen LogP contribution in [-0.4, -0.2) is 47.9 Å². The summed E-state index contributed by atoms with van der Waals surface area (Å²) >= 11 is 6.19. The SMILES string of the molecule is COc1cc2c(cc1OCCCNC(=O)CCCCN)Cc1c(Nc3cccnc3Cl)n[nH]c1-2. The number of anilines is 2. The van der Waals surface area contributed by atoms with Crippen molar-refractivity contribution in [1.82, 2.24) is 20.5 Å². The fourth-order valence-electron chi connectivity index (χ4n) is 3.91. The maximum atomic E-state index is 11.8. The molecule has 1 aliphatic rings. The maximum Gasteiger partial charge on any atom is 0.219 e. The quantitative estimate of drug-likeness (QED) is 0.178. The van der Waals surface area contributed by atoms with Crippen LogP contribution in [0, 0.1) is 0 Å². The number of pyridine rings is 1. The van der Waals surface area contributed by atoms with E-state index in [4.69, 9.17) is 26.8 Å². The summed E-state index contributed by atoms with van der Waals surface area (Å²) in [7, 11) is 1.62. The zero-order valence-electron chi connectivity index (χ0n) is 19.1. The highest BCUT2D eigenvalue weighted by Crippen LogP contribution is 2.44. The second kappa shape index (κ2) is 11.2. The third-order valence-electron chi connectivity index (χ3n) is 5.66. The summed E-state index contributed by atoms with van der Waals surface area (Å²) in [6.07, 6.45) is 5.23. The van der Waals surface area contributed by atoms with Crippen molar-refractivity contribution in [2.24, 2.45) is 5.73 Å². The molecule has 0 atom stereocenters. The van der Waals surface area contributed by atoms with Gasteiger partial charge in [0.15, 0.2) is 22.5 Å². The lowest BCUT2D eigenvalue weighted by atomic mass is 10.1. The molecule has 9 nitrogen and oxygen atoms in total. The Morgan fingerprint density at radius 3 is 2.94 bits per heavy atom. The minimum atomic E-state index is 0.0512. The Labute approximate surface area is 203 Å². The molecule has 1 amide bonds. The normalized spacial score (nSPS) is 11.6. The predicted molar refractivity (Wildman–Crippen MR) is 132 cm³/mol. The van der Waals surface area contributed by atoms with Crippen LogP contribution in [0.2, 0.25) is 5.15 Å². The molecule has 10 heteroatoms. The molecule has 0 spiro atoms. The van der Waals surface area contributed by atoms with E-state index in [9.17, 15) is 4.79 Å². The van der Waals surface area contributed by atoms with Gasteiger partial charge >= 0.3 is 0 Å². The number of nitrogens with zero attached hydrogens (tertiary/aromatic N) is 2. The molecule has 4 rings (SSSR count). The minimum absolute atomic E-state index is 0.0512. The number of amides is 1. The van der Waals surface area contributed by atoms with E-state index in [1.54, 1.807) is 13.3 Å². The Bertz CT molecular complexity index is 1150. The van der Waals surface area contributed by atoms with Gasteiger partial charge in [-0.15, -0.1) is 0 Å². The number of benzene rings is 1. The van der Waals surface area contributed by atoms with E-state index in [2.05, 4.69) is 25.8 Å². The summed E-state index contributed by atoms with van der Waals surface area (Å²) in [6.45, 7) is 1.65. The Morgan fingerprint density at radius 1 is 1.26 bits per heavy atom. The smallest absolute Gasteiger partial charge is 0.219 e. The van der Waals surface area contributed by atoms with E-state index >= 15 is 0 Å². The lowest BCUT2D eigenvalue weighted by molar-refractivity contribution is -0.121. The molecular formula is C24H29ClN6O3. The molecule has 5 N–H and O–H groups in total. The number of halogens is 1. The third-order valence-corrected chi connectivity index (χ3v) is 5.97. The van der Waals surface area contributed by atoms with Gasteiger partial charge < -0.3 is 25.8 Å². The Kier molecular flexibility index (Phi) is 7.87. The molecule has 34 heavy (non-hydrogen) atoms. The summed E-state index contributed by atoms with van der Waals surface area (Å²) in [5.74, 6) is 2.09. The van der Waals surface area contributed by atoms with Crippen LogP contribution >= 0.6 is 11.6 Å². The second-order valence-electron chi connectivity index (χ2n) is 8.03. The first-order chi connectivity index (χ1) is 16.6. The number of rotatable bonds is 12. The van der Waals surface area contributed by atoms with Crippen LogP contribution in [0.3, 0.4) is 0 Å². The fourth-order valence-corrected chi connectivity index (χ4v) is 4.08. The number of carbonyl (C=O) groups excluding carboxylic acids is 1. The van der Waals surface area contributed by atoms with Crippen LogP contribution in [0.5, 0.6) is 11.5 Å². The summed E-state index contributed by atoms with van der Waals surface area (Å²) in [6, 6.07) is 7.65. The van der Waals surface area contributed by atoms with Gasteiger partial charge in [0, 0.05) is 36.7 Å². The largest absolute Gasteiger partial charge is 0.493 e. The fraction of sp³-hybridized carbons (Fsp3) is 0.375. The highest BCUT2D eigenvalue weighted by atomic mass is 35.5. The Morgan fingerprint density at radius 2 is 2.15 bits per heavy atom. The standard InChI is InChI=1S/C24H29ClN6O3/c1-33-19-14-16-15(13-20(19)34-11-5-10-27-21(32)7-2-3-8-26)12-17-22(16)30-31-24(17)29-18-6-4-9-28-23(18)25/h4,6,9,13-14H,2-3,5,7-8,10-12,26H2,1H3,(H,27,32)(H2,29,30,31). The van der Waals surface area contributed by atoms with Crippen LogP contribution in [0.15, 0.2) is 30.5 Å². The van der Waals surface area contributed by atoms with Gasteiger partial charge in [-0.2, -0.15) is 5.10 Å². The number of fused-ring (bicyclic) bond motifs is 3. The van der Waals surface area contributed by atoms with Crippen LogP contribution < -0.4 is 25.8 Å². The molecule has 180 valence electrons. The molecule has 1 aliphatic carbocycles. The number of methoxy groups -OCH3 is 1. The summed E-state index contributed by atoms with van der Waals surface area (Å²) in [4.78, 5) is 15.9. The van der Waals surface area contributed by atoms with Crippen molar-refractivity contribution < 1.29 is 14.3 Å². The van der Waals surface area contributed by atoms with Gasteiger partial charge in [0.1, 0.15) is 0 Å². The molecule has 2 aromatic heterocycles. The zero-order chi connectivity index (χ0) is 23.9. The second-order valence-corrected chi connectivity index (χ2v) is 8.39. The molecule has 0 unspecified atom stereocenters. The monoisotopic (exact) mass is 484 g/mol. The number of nitrogens with one attached hydrogen (secondary N) is 3. The van der Waals surface area contributed by atoms with Crippen molar-refractivity contribution >= 4 is 29.0 Å². The van der Waals surface area contributed by atoms with Crippen molar-refractivity contribution in [1.29, 1.82) is 0 Å². The Balaban J connectivity index is 1.37. The van der Waals surface area contributed by atoms with Crippen molar-refractivity contribution in [3.63, 3.8) is 0 Å². The van der Waals surface area contributed by atoms with Gasteiger partial charge in [-0.05, 0) is 55.6 Å². The summed E-state index contributed by atoms with van der Waals surface area (Å²) in [5.41, 5.74) is 10.3. The van der Waals surface area contributed by atoms with Gasteiger partial charge in [-0.1, -0.05) is 11.6 Å². The molecule has 0 fully saturated rings. The van der Waals surface area contributed by atoms with Gasteiger partial charge in [0.05, 0.1) is 25.1 Å². The van der Waals surface area contributed by atoms with Crippen LogP contribution in [-0.2, 0) is 11.2 Å². The molecule has 0 aliphatic heterocycles. The van der Waals surface area contributed by atoms with Gasteiger partial charge in [0.25, 0.3) is 0 Å². The van der Waals surface area contributed by atoms with Crippen LogP contribution in [0.1, 0.15) is 36.8 Å². The van der Waals surface area contributed by atoms with Crippen molar-refractivity contribution in [3.05, 3.63) is 46.7 Å². The van der Waals surface area contributed by atoms with Crippen LogP contribution in [0.4, 0.5) is 11.5 Å². The lowest BCUT2D eigenvalue weighted by Gasteiger charge is -2.13. The number of carbonyl (C=O) groups is 1. The summed E-state index contributed by atoms with van der Waals surface area (Å²) in [5, 5.41) is 14.1. The molecule has 0 bridgehead atoms. The number of aromatic amines is 1. The van der Waals surface area contributed by atoms with E-state index in [-0.39, 0.29) is 5.91 Å². The van der Waals surface area contributed by atoms with E-state index in [1.807, 2.05) is 24.3 Å². The number of ether oxygens (including phenoxy) is 2. The number of unbranched alkanes of at least 4 members (excludes halogenated alkanes) is 1. The molecular weight excluding hydrogens is 456 g/mol. The molecule has 1 aromatic carbocycles. The highest BCUT2D eigenvalue weighted by molar-refractivity contribution is 6.32. The number of hydrogen-bond acceptors (Lipinski definition) is 7. The third kappa shape index (κ3) is 5.43. The number of hydrogen-bond donors (Lipinski definition) is 4. The van der Waals surface area contributed by atoms with Gasteiger partial charge in [-0.25, -0.2) is 4.98 Å². The first kappa shape index (κ1) is 23.8. The molecule has 0 saturated heterocycles. The zero-order valence-corrected chi connectivity index (χ0v) is 19.9. The van der Waals surface area contributed by atoms with E-state index in [0.717, 1.165) is 35.2 Å². The van der Waals surface area contributed by atoms with E-state index in [0.29, 0.717) is 67.1 Å². The Hall–Kier alpha value is -3.30. The molecule has 2 heterocycles. The first-order valence-corrected chi connectivity index (χ1v) is 11.7. The maximum absolute atomic E-state index is 11.8. The number of aromatic nitrogens is 3. The number of H-pyrrole nitrogens is 1. The molecule has 3 aromatic rings. The van der Waals surface area contributed by atoms with Crippen LogP contribution in [0.25, 0.3) is 11.3 Å². The first-order valence-electron chi connectivity index (χ1n) is 11.4. The molecule has 0 saturated carbocycles. The summed E-state index contributed by atoms with van der Waals surface area (Å²) < 4.78 is 11.6. The van der Waals surface area contributed by atoms with Gasteiger partial charge in [0.2, 0.25) is 5.91 Å². The van der Waals surface area contributed by atoms with Gasteiger partial charge in [-0.3, -0.25) is 9.89 Å². The van der Waals surface area contributed by atoms with E-state index in [1.165, 1.54) is 0 Å². The van der Waals surface area contributed by atoms with E-state index < -0.39 is 0 Å². The van der Waals surface area contributed by atoms with Crippen molar-refractivity contribution in [2.75, 3.05) is 32.1 Å². The molecule has 0 radical (unpaired) electrons. The number of nitrogens with two attached hydrogens (primary N) is 1. The highest BCUT2D eigenvalue weighted by Gasteiger charge is 2.27. The topological polar surface area (TPSA) is 127 Å². The van der Waals surface area contributed by atoms with Crippen molar-refractivity contribution in [3.8, 4) is 22.8 Å². The van der Waals surface area contributed by atoms with Crippen molar-refractivity contribution in [2.45, 2.75) is 32.1 Å². The minimum Gasteiger partial charge on any atom is -0.493 e. The average molecular weight is 485 g/mol.